The number of rotatable bonds is 4. The Labute approximate surface area is 97.1 Å². The van der Waals surface area contributed by atoms with Crippen LogP contribution in [0.3, 0.4) is 0 Å². The average molecular weight is 241 g/mol. The van der Waals surface area contributed by atoms with Crippen LogP contribution < -0.4 is 16.6 Å². The maximum absolute atomic E-state index is 11.4. The van der Waals surface area contributed by atoms with Crippen molar-refractivity contribution in [3.8, 4) is 0 Å². The first-order chi connectivity index (χ1) is 7.78. The van der Waals surface area contributed by atoms with Gasteiger partial charge in [0, 0.05) is 18.8 Å². The van der Waals surface area contributed by atoms with Crippen molar-refractivity contribution >= 4 is 5.91 Å². The third-order valence-corrected chi connectivity index (χ3v) is 1.93. The van der Waals surface area contributed by atoms with Gasteiger partial charge in [-0.15, -0.1) is 0 Å². The van der Waals surface area contributed by atoms with Crippen LogP contribution in [0.25, 0.3) is 0 Å². The van der Waals surface area contributed by atoms with Crippen LogP contribution in [0.4, 0.5) is 0 Å². The molecule has 17 heavy (non-hydrogen) atoms. The van der Waals surface area contributed by atoms with Gasteiger partial charge in [0.1, 0.15) is 6.54 Å². The molecule has 1 heterocycles. The SMILES string of the molecule is CC(C)(O)CNC(=O)Cn1ccc(=O)[nH]c1=O. The molecule has 1 aromatic rings. The summed E-state index contributed by atoms with van der Waals surface area (Å²) in [5, 5.41) is 11.9. The molecule has 0 aliphatic rings. The van der Waals surface area contributed by atoms with Crippen molar-refractivity contribution in [3.05, 3.63) is 33.1 Å². The quantitative estimate of drug-likeness (QED) is 0.592. The third-order valence-electron chi connectivity index (χ3n) is 1.93. The van der Waals surface area contributed by atoms with Crippen LogP contribution in [0.1, 0.15) is 13.8 Å². The second kappa shape index (κ2) is 4.96. The smallest absolute Gasteiger partial charge is 0.328 e. The molecule has 0 saturated heterocycles. The predicted octanol–water partition coefficient (Wildman–Crippen LogP) is -1.58. The van der Waals surface area contributed by atoms with Gasteiger partial charge in [0.05, 0.1) is 5.60 Å². The summed E-state index contributed by atoms with van der Waals surface area (Å²) >= 11 is 0. The third kappa shape index (κ3) is 4.64. The molecule has 94 valence electrons. The molecule has 0 aliphatic carbocycles. The van der Waals surface area contributed by atoms with Crippen molar-refractivity contribution in [2.45, 2.75) is 26.0 Å². The molecule has 0 spiro atoms. The van der Waals surface area contributed by atoms with Gasteiger partial charge in [-0.1, -0.05) is 0 Å². The number of nitrogens with zero attached hydrogens (tertiary/aromatic N) is 1. The first kappa shape index (κ1) is 13.2. The molecule has 1 rings (SSSR count). The van der Waals surface area contributed by atoms with Crippen LogP contribution in [0.2, 0.25) is 0 Å². The highest BCUT2D eigenvalue weighted by molar-refractivity contribution is 5.75. The monoisotopic (exact) mass is 241 g/mol. The lowest BCUT2D eigenvalue weighted by molar-refractivity contribution is -0.122. The summed E-state index contributed by atoms with van der Waals surface area (Å²) in [6.45, 7) is 2.99. The number of H-pyrrole nitrogens is 1. The van der Waals surface area contributed by atoms with E-state index in [1.807, 2.05) is 4.98 Å². The Morgan fingerprint density at radius 1 is 1.53 bits per heavy atom. The molecule has 7 nitrogen and oxygen atoms in total. The second-order valence-electron chi connectivity index (χ2n) is 4.33. The van der Waals surface area contributed by atoms with Crippen molar-refractivity contribution in [1.82, 2.24) is 14.9 Å². The van der Waals surface area contributed by atoms with Crippen LogP contribution in [0, 0.1) is 0 Å². The Hall–Kier alpha value is -1.89. The van der Waals surface area contributed by atoms with Crippen molar-refractivity contribution in [2.24, 2.45) is 0 Å². The van der Waals surface area contributed by atoms with E-state index in [0.29, 0.717) is 0 Å². The van der Waals surface area contributed by atoms with E-state index < -0.39 is 22.8 Å². The molecule has 0 atom stereocenters. The van der Waals surface area contributed by atoms with E-state index in [9.17, 15) is 19.5 Å². The summed E-state index contributed by atoms with van der Waals surface area (Å²) in [4.78, 5) is 35.5. The Bertz CT molecular complexity index is 509. The minimum Gasteiger partial charge on any atom is -0.389 e. The van der Waals surface area contributed by atoms with Gasteiger partial charge < -0.3 is 10.4 Å². The van der Waals surface area contributed by atoms with Crippen molar-refractivity contribution in [1.29, 1.82) is 0 Å². The number of nitrogens with one attached hydrogen (secondary N) is 2. The van der Waals surface area contributed by atoms with Crippen molar-refractivity contribution < 1.29 is 9.90 Å². The predicted molar refractivity (Wildman–Crippen MR) is 60.6 cm³/mol. The Morgan fingerprint density at radius 2 is 2.18 bits per heavy atom. The lowest BCUT2D eigenvalue weighted by atomic mass is 10.1. The highest BCUT2D eigenvalue weighted by Crippen LogP contribution is 1.96. The highest BCUT2D eigenvalue weighted by atomic mass is 16.3. The first-order valence-corrected chi connectivity index (χ1v) is 5.07. The average Bonchev–Trinajstić information content (AvgIpc) is 2.18. The van der Waals surface area contributed by atoms with E-state index in [1.165, 1.54) is 6.20 Å². The lowest BCUT2D eigenvalue weighted by Gasteiger charge is -2.17. The zero-order chi connectivity index (χ0) is 13.1. The van der Waals surface area contributed by atoms with E-state index >= 15 is 0 Å². The fourth-order valence-corrected chi connectivity index (χ4v) is 1.09. The number of carbonyl (C=O) groups is 1. The maximum atomic E-state index is 11.4. The van der Waals surface area contributed by atoms with Crippen molar-refractivity contribution in [3.63, 3.8) is 0 Å². The van der Waals surface area contributed by atoms with E-state index in [0.717, 1.165) is 10.6 Å². The molecule has 0 aromatic carbocycles. The zero-order valence-electron chi connectivity index (χ0n) is 9.69. The van der Waals surface area contributed by atoms with Gasteiger partial charge >= 0.3 is 5.69 Å². The number of amides is 1. The molecule has 0 radical (unpaired) electrons. The van der Waals surface area contributed by atoms with Gasteiger partial charge in [-0.3, -0.25) is 19.1 Å². The van der Waals surface area contributed by atoms with Gasteiger partial charge in [0.25, 0.3) is 5.56 Å². The summed E-state index contributed by atoms with van der Waals surface area (Å²) in [5.74, 6) is -0.415. The van der Waals surface area contributed by atoms with Crippen LogP contribution in [-0.2, 0) is 11.3 Å². The van der Waals surface area contributed by atoms with Gasteiger partial charge in [0.15, 0.2) is 0 Å². The number of aromatic nitrogens is 2. The minimum absolute atomic E-state index is 0.0872. The standard InChI is InChI=1S/C10H15N3O4/c1-10(2,17)6-11-8(15)5-13-4-3-7(14)12-9(13)16/h3-4,17H,5-6H2,1-2H3,(H,11,15)(H,12,14,16). The molecular formula is C10H15N3O4. The fourth-order valence-electron chi connectivity index (χ4n) is 1.09. The van der Waals surface area contributed by atoms with Gasteiger partial charge in [-0.2, -0.15) is 0 Å². The number of hydrogen-bond acceptors (Lipinski definition) is 4. The number of carbonyl (C=O) groups excluding carboxylic acids is 1. The topological polar surface area (TPSA) is 104 Å². The molecule has 0 unspecified atom stereocenters. The first-order valence-electron chi connectivity index (χ1n) is 5.07. The number of hydrogen-bond donors (Lipinski definition) is 3. The molecule has 7 heteroatoms. The highest BCUT2D eigenvalue weighted by Gasteiger charge is 2.14. The van der Waals surface area contributed by atoms with E-state index in [4.69, 9.17) is 0 Å². The lowest BCUT2D eigenvalue weighted by Crippen LogP contribution is -2.41. The molecule has 0 fully saturated rings. The summed E-state index contributed by atoms with van der Waals surface area (Å²) in [6.07, 6.45) is 1.24. The van der Waals surface area contributed by atoms with Gasteiger partial charge in [0.2, 0.25) is 5.91 Å². The maximum Gasteiger partial charge on any atom is 0.328 e. The fraction of sp³-hybridized carbons (Fsp3) is 0.500. The number of aliphatic hydroxyl groups is 1. The van der Waals surface area contributed by atoms with Gasteiger partial charge in [-0.25, -0.2) is 4.79 Å². The van der Waals surface area contributed by atoms with Crippen LogP contribution in [0.5, 0.6) is 0 Å². The normalized spacial score (nSPS) is 11.2. The Kier molecular flexibility index (Phi) is 3.84. The molecule has 1 aromatic heterocycles. The summed E-state index contributed by atoms with van der Waals surface area (Å²) in [6, 6.07) is 1.16. The molecular weight excluding hydrogens is 226 g/mol. The van der Waals surface area contributed by atoms with Crippen molar-refractivity contribution in [2.75, 3.05) is 6.54 Å². The minimum atomic E-state index is -1.01. The van der Waals surface area contributed by atoms with E-state index in [-0.39, 0.29) is 13.1 Å². The van der Waals surface area contributed by atoms with Crippen LogP contribution in [-0.4, -0.2) is 32.7 Å². The summed E-state index contributed by atoms with van der Waals surface area (Å²) in [5.41, 5.74) is -2.16. The molecule has 1 amide bonds. The molecule has 0 bridgehead atoms. The van der Waals surface area contributed by atoms with Crippen LogP contribution in [0.15, 0.2) is 21.9 Å². The molecule has 3 N–H and O–H groups in total. The molecule has 0 aliphatic heterocycles. The molecule has 0 saturated carbocycles. The van der Waals surface area contributed by atoms with E-state index in [2.05, 4.69) is 5.32 Å². The summed E-state index contributed by atoms with van der Waals surface area (Å²) in [7, 11) is 0. The largest absolute Gasteiger partial charge is 0.389 e. The van der Waals surface area contributed by atoms with Gasteiger partial charge in [-0.05, 0) is 13.8 Å². The summed E-state index contributed by atoms with van der Waals surface area (Å²) < 4.78 is 1.07. The zero-order valence-corrected chi connectivity index (χ0v) is 9.69. The Morgan fingerprint density at radius 3 is 2.71 bits per heavy atom. The van der Waals surface area contributed by atoms with E-state index in [1.54, 1.807) is 13.8 Å². The second-order valence-corrected chi connectivity index (χ2v) is 4.33. The number of aromatic amines is 1. The Balaban J connectivity index is 2.63. The van der Waals surface area contributed by atoms with Crippen LogP contribution >= 0.6 is 0 Å².